The first-order valence-corrected chi connectivity index (χ1v) is 5.43. The molecule has 0 spiro atoms. The largest absolute Gasteiger partial charge is 0.478 e. The minimum absolute atomic E-state index is 0.456. The maximum Gasteiger partial charge on any atom is 0.328 e. The minimum Gasteiger partial charge on any atom is -0.478 e. The van der Waals surface area contributed by atoms with Crippen molar-refractivity contribution in [2.45, 2.75) is 19.4 Å². The summed E-state index contributed by atoms with van der Waals surface area (Å²) in [7, 11) is 0. The molecule has 0 aliphatic rings. The summed E-state index contributed by atoms with van der Waals surface area (Å²) in [6, 6.07) is 0. The van der Waals surface area contributed by atoms with Crippen molar-refractivity contribution in [3.63, 3.8) is 0 Å². The second-order valence-corrected chi connectivity index (χ2v) is 4.52. The number of amides is 1. The molecule has 5 nitrogen and oxygen atoms in total. The van der Waals surface area contributed by atoms with Gasteiger partial charge in [0.15, 0.2) is 0 Å². The number of hydrogen-bond acceptors (Lipinski definition) is 4. The van der Waals surface area contributed by atoms with Gasteiger partial charge in [0.2, 0.25) is 5.91 Å². The molecule has 1 heterocycles. The highest BCUT2D eigenvalue weighted by atomic mass is 32.1. The zero-order chi connectivity index (χ0) is 12.2. The summed E-state index contributed by atoms with van der Waals surface area (Å²) < 4.78 is 0. The van der Waals surface area contributed by atoms with Gasteiger partial charge in [0, 0.05) is 23.7 Å². The van der Waals surface area contributed by atoms with Gasteiger partial charge in [0.25, 0.3) is 0 Å². The summed E-state index contributed by atoms with van der Waals surface area (Å²) in [5.41, 5.74) is -0.603. The lowest BCUT2D eigenvalue weighted by Crippen LogP contribution is -2.40. The maximum absolute atomic E-state index is 11.4. The molecule has 1 aromatic rings. The Labute approximate surface area is 96.8 Å². The van der Waals surface area contributed by atoms with Crippen molar-refractivity contribution >= 4 is 23.2 Å². The molecule has 0 radical (unpaired) electrons. The highest BCUT2D eigenvalue weighted by Gasteiger charge is 2.24. The Bertz CT molecular complexity index is 410. The van der Waals surface area contributed by atoms with Gasteiger partial charge in [-0.3, -0.25) is 4.79 Å². The van der Waals surface area contributed by atoms with Gasteiger partial charge in [0.1, 0.15) is 5.01 Å². The predicted molar refractivity (Wildman–Crippen MR) is 60.1 cm³/mol. The number of hydrogen-bond donors (Lipinski definition) is 2. The monoisotopic (exact) mass is 240 g/mol. The van der Waals surface area contributed by atoms with E-state index in [2.05, 4.69) is 10.3 Å². The Morgan fingerprint density at radius 2 is 2.19 bits per heavy atom. The zero-order valence-electron chi connectivity index (χ0n) is 8.93. The van der Waals surface area contributed by atoms with Gasteiger partial charge in [-0.2, -0.15) is 0 Å². The van der Waals surface area contributed by atoms with E-state index in [1.165, 1.54) is 11.3 Å². The fraction of sp³-hybridized carbons (Fsp3) is 0.300. The quantitative estimate of drug-likeness (QED) is 0.773. The van der Waals surface area contributed by atoms with Crippen molar-refractivity contribution in [2.75, 3.05) is 0 Å². The van der Waals surface area contributed by atoms with Crippen LogP contribution in [0.1, 0.15) is 18.9 Å². The van der Waals surface area contributed by atoms with Crippen LogP contribution < -0.4 is 5.32 Å². The van der Waals surface area contributed by atoms with Crippen LogP contribution in [0.2, 0.25) is 0 Å². The van der Waals surface area contributed by atoms with E-state index in [4.69, 9.17) is 5.11 Å². The Morgan fingerprint density at radius 1 is 1.50 bits per heavy atom. The molecule has 0 atom stereocenters. The highest BCUT2D eigenvalue weighted by Crippen LogP contribution is 2.21. The Kier molecular flexibility index (Phi) is 3.78. The Hall–Kier alpha value is -1.69. The molecule has 1 aromatic heterocycles. The smallest absolute Gasteiger partial charge is 0.328 e. The molecule has 0 aliphatic heterocycles. The third-order valence-corrected chi connectivity index (χ3v) is 2.88. The van der Waals surface area contributed by atoms with Crippen LogP contribution in [0.25, 0.3) is 0 Å². The SMILES string of the molecule is CC(C)(NC(=O)/C=C/C(=O)O)c1nccs1. The first-order chi connectivity index (χ1) is 7.42. The second-order valence-electron chi connectivity index (χ2n) is 3.62. The van der Waals surface area contributed by atoms with Crippen LogP contribution in [-0.4, -0.2) is 22.0 Å². The molecule has 86 valence electrons. The summed E-state index contributed by atoms with van der Waals surface area (Å²) >= 11 is 1.43. The number of carbonyl (C=O) groups is 2. The average molecular weight is 240 g/mol. The number of nitrogens with zero attached hydrogens (tertiary/aromatic N) is 1. The van der Waals surface area contributed by atoms with Crippen LogP contribution in [0, 0.1) is 0 Å². The van der Waals surface area contributed by atoms with E-state index in [0.29, 0.717) is 0 Å². The summed E-state index contributed by atoms with van der Waals surface area (Å²) in [6.45, 7) is 3.61. The van der Waals surface area contributed by atoms with Gasteiger partial charge in [-0.05, 0) is 13.8 Å². The molecular formula is C10H12N2O3S. The first kappa shape index (κ1) is 12.4. The van der Waals surface area contributed by atoms with Crippen molar-refractivity contribution in [3.8, 4) is 0 Å². The number of nitrogens with one attached hydrogen (secondary N) is 1. The van der Waals surface area contributed by atoms with Crippen molar-refractivity contribution in [1.29, 1.82) is 0 Å². The Morgan fingerprint density at radius 3 is 2.69 bits per heavy atom. The van der Waals surface area contributed by atoms with E-state index in [1.807, 2.05) is 5.38 Å². The molecule has 0 aromatic carbocycles. The first-order valence-electron chi connectivity index (χ1n) is 4.55. The molecule has 0 unspecified atom stereocenters. The number of carboxylic acids is 1. The van der Waals surface area contributed by atoms with E-state index in [0.717, 1.165) is 17.2 Å². The van der Waals surface area contributed by atoms with E-state index in [1.54, 1.807) is 20.0 Å². The fourth-order valence-electron chi connectivity index (χ4n) is 1.08. The number of thiazole rings is 1. The molecule has 0 saturated carbocycles. The molecular weight excluding hydrogens is 228 g/mol. The molecule has 1 rings (SSSR count). The number of carboxylic acid groups (broad SMARTS) is 1. The van der Waals surface area contributed by atoms with E-state index >= 15 is 0 Å². The fourth-order valence-corrected chi connectivity index (χ4v) is 1.80. The number of carbonyl (C=O) groups excluding carboxylic acids is 1. The second kappa shape index (κ2) is 4.89. The molecule has 6 heteroatoms. The third kappa shape index (κ3) is 3.47. The topological polar surface area (TPSA) is 79.3 Å². The van der Waals surface area contributed by atoms with Crippen LogP contribution in [0.15, 0.2) is 23.7 Å². The number of aliphatic carboxylic acids is 1. The molecule has 0 saturated heterocycles. The normalized spacial score (nSPS) is 11.6. The zero-order valence-corrected chi connectivity index (χ0v) is 9.75. The number of aromatic nitrogens is 1. The van der Waals surface area contributed by atoms with Gasteiger partial charge in [-0.25, -0.2) is 9.78 Å². The van der Waals surface area contributed by atoms with Gasteiger partial charge in [-0.15, -0.1) is 11.3 Å². The molecule has 0 aliphatic carbocycles. The van der Waals surface area contributed by atoms with Gasteiger partial charge in [0.05, 0.1) is 5.54 Å². The predicted octanol–water partition coefficient (Wildman–Crippen LogP) is 1.14. The van der Waals surface area contributed by atoms with Gasteiger partial charge in [-0.1, -0.05) is 0 Å². The third-order valence-electron chi connectivity index (χ3n) is 1.78. The molecule has 16 heavy (non-hydrogen) atoms. The van der Waals surface area contributed by atoms with Crippen LogP contribution in [0.3, 0.4) is 0 Å². The highest BCUT2D eigenvalue weighted by molar-refractivity contribution is 7.09. The molecule has 1 amide bonds. The van der Waals surface area contributed by atoms with Crippen molar-refractivity contribution in [3.05, 3.63) is 28.7 Å². The maximum atomic E-state index is 11.4. The number of rotatable bonds is 4. The average Bonchev–Trinajstić information content (AvgIpc) is 2.67. The van der Waals surface area contributed by atoms with Crippen LogP contribution >= 0.6 is 11.3 Å². The molecule has 2 N–H and O–H groups in total. The van der Waals surface area contributed by atoms with Crippen LogP contribution in [-0.2, 0) is 15.1 Å². The van der Waals surface area contributed by atoms with Gasteiger partial charge >= 0.3 is 5.97 Å². The standard InChI is InChI=1S/C10H12N2O3S/c1-10(2,9-11-5-6-16-9)12-7(13)3-4-8(14)15/h3-6H,1-2H3,(H,12,13)(H,14,15)/b4-3+. The van der Waals surface area contributed by atoms with Crippen molar-refractivity contribution in [2.24, 2.45) is 0 Å². The van der Waals surface area contributed by atoms with Crippen LogP contribution in [0.4, 0.5) is 0 Å². The van der Waals surface area contributed by atoms with E-state index < -0.39 is 17.4 Å². The van der Waals surface area contributed by atoms with Crippen molar-refractivity contribution < 1.29 is 14.7 Å². The molecule has 0 fully saturated rings. The Balaban J connectivity index is 2.67. The lowest BCUT2D eigenvalue weighted by molar-refractivity contribution is -0.131. The van der Waals surface area contributed by atoms with Gasteiger partial charge < -0.3 is 10.4 Å². The lowest BCUT2D eigenvalue weighted by Gasteiger charge is -2.22. The summed E-state index contributed by atoms with van der Waals surface area (Å²) in [5, 5.41) is 13.6. The minimum atomic E-state index is -1.15. The molecule has 0 bridgehead atoms. The van der Waals surface area contributed by atoms with Crippen LogP contribution in [0.5, 0.6) is 0 Å². The van der Waals surface area contributed by atoms with E-state index in [-0.39, 0.29) is 0 Å². The lowest BCUT2D eigenvalue weighted by atomic mass is 10.1. The summed E-state index contributed by atoms with van der Waals surface area (Å²) in [4.78, 5) is 25.7. The van der Waals surface area contributed by atoms with Crippen molar-refractivity contribution in [1.82, 2.24) is 10.3 Å². The summed E-state index contributed by atoms with van der Waals surface area (Å²) in [5.74, 6) is -1.61. The summed E-state index contributed by atoms with van der Waals surface area (Å²) in [6.07, 6.45) is 3.44. The van der Waals surface area contributed by atoms with E-state index in [9.17, 15) is 9.59 Å².